The number of carbonyl (C=O) groups is 1. The lowest BCUT2D eigenvalue weighted by Gasteiger charge is -2.25. The number of hydrogen-bond donors (Lipinski definition) is 0. The highest BCUT2D eigenvalue weighted by Gasteiger charge is 2.17. The number of hydrogen-bond acceptors (Lipinski definition) is 2. The molecular formula is C12H22O2. The lowest BCUT2D eigenvalue weighted by atomic mass is 9.98. The lowest BCUT2D eigenvalue weighted by Crippen LogP contribution is -2.27. The maximum atomic E-state index is 11.3. The second kappa shape index (κ2) is 6.99. The number of rotatable bonds is 8. The van der Waals surface area contributed by atoms with Crippen LogP contribution in [0.25, 0.3) is 0 Å². The van der Waals surface area contributed by atoms with Gasteiger partial charge in [0.25, 0.3) is 0 Å². The maximum Gasteiger partial charge on any atom is 0.132 e. The lowest BCUT2D eigenvalue weighted by molar-refractivity contribution is -0.119. The van der Waals surface area contributed by atoms with E-state index in [-0.39, 0.29) is 0 Å². The Morgan fingerprint density at radius 3 is 2.50 bits per heavy atom. The summed E-state index contributed by atoms with van der Waals surface area (Å²) in [6, 6.07) is 0. The van der Waals surface area contributed by atoms with Crippen LogP contribution < -0.4 is 0 Å². The summed E-state index contributed by atoms with van der Waals surface area (Å²) in [5, 5.41) is 0. The zero-order valence-electron chi connectivity index (χ0n) is 9.26. The Labute approximate surface area is 87.0 Å². The van der Waals surface area contributed by atoms with Crippen molar-refractivity contribution in [2.75, 3.05) is 13.2 Å². The first-order chi connectivity index (χ1) is 6.83. The monoisotopic (exact) mass is 198 g/mol. The predicted molar refractivity (Wildman–Crippen MR) is 57.3 cm³/mol. The molecule has 0 aromatic rings. The molecule has 14 heavy (non-hydrogen) atoms. The van der Waals surface area contributed by atoms with Crippen molar-refractivity contribution in [3.8, 4) is 0 Å². The van der Waals surface area contributed by atoms with E-state index < -0.39 is 0 Å². The van der Waals surface area contributed by atoms with Gasteiger partial charge in [0, 0.05) is 18.8 Å². The van der Waals surface area contributed by atoms with Gasteiger partial charge in [-0.2, -0.15) is 0 Å². The van der Waals surface area contributed by atoms with E-state index in [4.69, 9.17) is 4.74 Å². The highest BCUT2D eigenvalue weighted by molar-refractivity contribution is 5.78. The van der Waals surface area contributed by atoms with Gasteiger partial charge in [-0.1, -0.05) is 19.8 Å². The maximum absolute atomic E-state index is 11.3. The minimum Gasteiger partial charge on any atom is -0.381 e. The molecule has 0 aromatic heterocycles. The Morgan fingerprint density at radius 2 is 1.93 bits per heavy atom. The molecule has 1 saturated heterocycles. The van der Waals surface area contributed by atoms with Crippen molar-refractivity contribution >= 4 is 5.78 Å². The fraction of sp³-hybridized carbons (Fsp3) is 0.917. The van der Waals surface area contributed by atoms with E-state index in [1.807, 2.05) is 0 Å². The summed E-state index contributed by atoms with van der Waals surface area (Å²) in [4.78, 5) is 11.3. The summed E-state index contributed by atoms with van der Waals surface area (Å²) < 4.78 is 5.10. The highest BCUT2D eigenvalue weighted by atomic mass is 16.5. The quantitative estimate of drug-likeness (QED) is 0.560. The van der Waals surface area contributed by atoms with Crippen LogP contribution in [0, 0.1) is 5.92 Å². The minimum absolute atomic E-state index is 0.455. The van der Waals surface area contributed by atoms with E-state index in [0.717, 1.165) is 51.2 Å². The van der Waals surface area contributed by atoms with Crippen molar-refractivity contribution < 1.29 is 9.53 Å². The molecule has 0 atom stereocenters. The van der Waals surface area contributed by atoms with E-state index in [9.17, 15) is 4.79 Å². The van der Waals surface area contributed by atoms with Crippen LogP contribution in [0.3, 0.4) is 0 Å². The summed E-state index contributed by atoms with van der Waals surface area (Å²) in [5.74, 6) is 1.25. The molecule has 82 valence electrons. The fourth-order valence-corrected chi connectivity index (χ4v) is 1.71. The third kappa shape index (κ3) is 4.75. The summed E-state index contributed by atoms with van der Waals surface area (Å²) in [7, 11) is 0. The normalized spacial score (nSPS) is 16.6. The van der Waals surface area contributed by atoms with Gasteiger partial charge < -0.3 is 4.74 Å². The third-order valence-electron chi connectivity index (χ3n) is 2.83. The summed E-state index contributed by atoms with van der Waals surface area (Å²) in [6.07, 6.45) is 7.32. The summed E-state index contributed by atoms with van der Waals surface area (Å²) in [6.45, 7) is 4.03. The van der Waals surface area contributed by atoms with Gasteiger partial charge in [0.2, 0.25) is 0 Å². The van der Waals surface area contributed by atoms with Crippen LogP contribution >= 0.6 is 0 Å². The zero-order chi connectivity index (χ0) is 10.2. The molecule has 0 saturated carbocycles. The van der Waals surface area contributed by atoms with Crippen molar-refractivity contribution in [1.82, 2.24) is 0 Å². The van der Waals surface area contributed by atoms with Gasteiger partial charge in [-0.15, -0.1) is 0 Å². The molecule has 0 N–H and O–H groups in total. The number of ketones is 1. The molecule has 0 aromatic carbocycles. The Hall–Kier alpha value is -0.370. The summed E-state index contributed by atoms with van der Waals surface area (Å²) in [5.41, 5.74) is 0. The highest BCUT2D eigenvalue weighted by Crippen LogP contribution is 2.18. The molecular weight excluding hydrogens is 176 g/mol. The first-order valence-corrected chi connectivity index (χ1v) is 5.92. The van der Waals surface area contributed by atoms with Gasteiger partial charge in [-0.3, -0.25) is 4.79 Å². The number of ether oxygens (including phenoxy) is 1. The number of unbranched alkanes of at least 4 members (excludes halogenated alkanes) is 2. The van der Waals surface area contributed by atoms with E-state index in [0.29, 0.717) is 5.78 Å². The van der Waals surface area contributed by atoms with Crippen molar-refractivity contribution in [2.24, 2.45) is 5.92 Å². The van der Waals surface area contributed by atoms with Crippen LogP contribution in [0.1, 0.15) is 51.9 Å². The summed E-state index contributed by atoms with van der Waals surface area (Å²) >= 11 is 0. The molecule has 1 aliphatic heterocycles. The predicted octanol–water partition coefficient (Wildman–Crippen LogP) is 2.95. The molecule has 1 rings (SSSR count). The van der Waals surface area contributed by atoms with Crippen LogP contribution in [0.15, 0.2) is 0 Å². The second-order valence-electron chi connectivity index (χ2n) is 4.29. The largest absolute Gasteiger partial charge is 0.381 e. The smallest absolute Gasteiger partial charge is 0.132 e. The van der Waals surface area contributed by atoms with Gasteiger partial charge in [0.15, 0.2) is 0 Å². The SMILES string of the molecule is CCCCC(=O)CCCCC1COC1. The molecule has 0 aliphatic carbocycles. The van der Waals surface area contributed by atoms with Crippen molar-refractivity contribution in [1.29, 1.82) is 0 Å². The van der Waals surface area contributed by atoms with Gasteiger partial charge in [0.05, 0.1) is 13.2 Å². The molecule has 2 heteroatoms. The molecule has 0 bridgehead atoms. The first kappa shape index (κ1) is 11.7. The van der Waals surface area contributed by atoms with E-state index >= 15 is 0 Å². The van der Waals surface area contributed by atoms with E-state index in [1.54, 1.807) is 0 Å². The van der Waals surface area contributed by atoms with Crippen LogP contribution in [0.5, 0.6) is 0 Å². The van der Waals surface area contributed by atoms with Crippen molar-refractivity contribution in [3.63, 3.8) is 0 Å². The average molecular weight is 198 g/mol. The Morgan fingerprint density at radius 1 is 1.21 bits per heavy atom. The van der Waals surface area contributed by atoms with Gasteiger partial charge in [0.1, 0.15) is 5.78 Å². The third-order valence-corrected chi connectivity index (χ3v) is 2.83. The van der Waals surface area contributed by atoms with Crippen LogP contribution in [-0.4, -0.2) is 19.0 Å². The molecule has 1 aliphatic rings. The van der Waals surface area contributed by atoms with Crippen molar-refractivity contribution in [2.45, 2.75) is 51.9 Å². The van der Waals surface area contributed by atoms with E-state index in [2.05, 4.69) is 6.92 Å². The first-order valence-electron chi connectivity index (χ1n) is 5.92. The minimum atomic E-state index is 0.455. The molecule has 0 spiro atoms. The number of carbonyl (C=O) groups excluding carboxylic acids is 1. The van der Waals surface area contributed by atoms with Crippen LogP contribution in [-0.2, 0) is 9.53 Å². The van der Waals surface area contributed by atoms with Crippen LogP contribution in [0.2, 0.25) is 0 Å². The molecule has 2 nitrogen and oxygen atoms in total. The molecule has 0 unspecified atom stereocenters. The molecule has 0 amide bonds. The number of Topliss-reactive ketones (excluding diaryl/α,β-unsaturated/α-hetero) is 1. The molecule has 0 radical (unpaired) electrons. The Kier molecular flexibility index (Phi) is 5.85. The fourth-order valence-electron chi connectivity index (χ4n) is 1.71. The van der Waals surface area contributed by atoms with Gasteiger partial charge in [-0.25, -0.2) is 0 Å². The Bertz CT molecular complexity index is 162. The standard InChI is InChI=1S/C12H22O2/c1-2-3-7-12(13)8-5-4-6-11-9-14-10-11/h11H,2-10H2,1H3. The van der Waals surface area contributed by atoms with Gasteiger partial charge >= 0.3 is 0 Å². The van der Waals surface area contributed by atoms with Gasteiger partial charge in [-0.05, 0) is 19.3 Å². The molecule has 1 heterocycles. The zero-order valence-corrected chi connectivity index (χ0v) is 9.26. The second-order valence-corrected chi connectivity index (χ2v) is 4.29. The average Bonchev–Trinajstić information content (AvgIpc) is 2.11. The van der Waals surface area contributed by atoms with Crippen LogP contribution in [0.4, 0.5) is 0 Å². The van der Waals surface area contributed by atoms with Crippen molar-refractivity contribution in [3.05, 3.63) is 0 Å². The molecule has 1 fully saturated rings. The Balaban J connectivity index is 1.84. The topological polar surface area (TPSA) is 26.3 Å². The van der Waals surface area contributed by atoms with E-state index in [1.165, 1.54) is 12.8 Å².